The number of rotatable bonds is 3. The van der Waals surface area contributed by atoms with Crippen molar-refractivity contribution in [1.82, 2.24) is 9.78 Å². The lowest BCUT2D eigenvalue weighted by atomic mass is 10.1. The smallest absolute Gasteiger partial charge is 0.266 e. The molecule has 0 spiro atoms. The predicted octanol–water partition coefficient (Wildman–Crippen LogP) is 1.56. The van der Waals surface area contributed by atoms with E-state index >= 15 is 0 Å². The summed E-state index contributed by atoms with van der Waals surface area (Å²) >= 11 is 0. The van der Waals surface area contributed by atoms with Crippen LogP contribution < -0.4 is 5.56 Å². The molecule has 6 heteroatoms. The Hall–Kier alpha value is -2.08. The maximum absolute atomic E-state index is 13.5. The zero-order valence-corrected chi connectivity index (χ0v) is 10.2. The van der Waals surface area contributed by atoms with Gasteiger partial charge in [0.25, 0.3) is 5.56 Å². The Labute approximate surface area is 107 Å². The molecule has 1 aromatic heterocycles. The molecule has 100 valence electrons. The molecular weight excluding hydrogens is 254 g/mol. The molecule has 2 aromatic rings. The Morgan fingerprint density at radius 3 is 2.79 bits per heavy atom. The molecular formula is C13H12F2N2O2. The minimum atomic E-state index is -1.34. The Morgan fingerprint density at radius 2 is 2.05 bits per heavy atom. The molecule has 4 nitrogen and oxygen atoms in total. The van der Waals surface area contributed by atoms with Crippen LogP contribution in [0.3, 0.4) is 0 Å². The molecule has 0 aliphatic rings. The van der Waals surface area contributed by atoms with Gasteiger partial charge in [-0.2, -0.15) is 5.10 Å². The van der Waals surface area contributed by atoms with Crippen LogP contribution in [0.4, 0.5) is 8.78 Å². The third-order valence-electron chi connectivity index (χ3n) is 2.69. The molecule has 0 saturated carbocycles. The summed E-state index contributed by atoms with van der Waals surface area (Å²) in [6.07, 6.45) is -1.34. The Balaban J connectivity index is 2.30. The first-order valence-electron chi connectivity index (χ1n) is 5.66. The summed E-state index contributed by atoms with van der Waals surface area (Å²) in [5.74, 6) is -2.16. The van der Waals surface area contributed by atoms with Crippen molar-refractivity contribution < 1.29 is 13.9 Å². The monoisotopic (exact) mass is 266 g/mol. The Kier molecular flexibility index (Phi) is 3.71. The van der Waals surface area contributed by atoms with Crippen LogP contribution in [0.2, 0.25) is 0 Å². The molecule has 19 heavy (non-hydrogen) atoms. The highest BCUT2D eigenvalue weighted by atomic mass is 19.2. The maximum atomic E-state index is 13.5. The van der Waals surface area contributed by atoms with E-state index < -0.39 is 23.3 Å². The number of aliphatic hydroxyl groups is 1. The molecule has 0 aliphatic heterocycles. The van der Waals surface area contributed by atoms with E-state index in [1.54, 1.807) is 6.92 Å². The molecule has 0 fully saturated rings. The minimum Gasteiger partial charge on any atom is -0.386 e. The van der Waals surface area contributed by atoms with Crippen LogP contribution in [0.1, 0.15) is 17.4 Å². The van der Waals surface area contributed by atoms with Gasteiger partial charge in [0.15, 0.2) is 11.6 Å². The van der Waals surface area contributed by atoms with E-state index in [-0.39, 0.29) is 12.1 Å². The summed E-state index contributed by atoms with van der Waals surface area (Å²) < 4.78 is 27.6. The van der Waals surface area contributed by atoms with Crippen LogP contribution in [0, 0.1) is 18.6 Å². The number of halogens is 2. The van der Waals surface area contributed by atoms with Crippen LogP contribution in [0.25, 0.3) is 0 Å². The van der Waals surface area contributed by atoms with Crippen LogP contribution in [-0.4, -0.2) is 14.9 Å². The molecule has 0 bridgehead atoms. The Bertz CT molecular complexity index is 655. The first-order chi connectivity index (χ1) is 8.99. The first-order valence-corrected chi connectivity index (χ1v) is 5.66. The van der Waals surface area contributed by atoms with E-state index in [0.717, 1.165) is 10.7 Å². The van der Waals surface area contributed by atoms with Gasteiger partial charge in [0, 0.05) is 11.6 Å². The van der Waals surface area contributed by atoms with Crippen molar-refractivity contribution in [2.45, 2.75) is 19.6 Å². The number of hydrogen-bond acceptors (Lipinski definition) is 3. The van der Waals surface area contributed by atoms with E-state index in [1.165, 1.54) is 24.3 Å². The fraction of sp³-hybridized carbons (Fsp3) is 0.231. The molecule has 1 heterocycles. The normalized spacial score (nSPS) is 12.4. The number of aromatic nitrogens is 2. The lowest BCUT2D eigenvalue weighted by Crippen LogP contribution is -2.26. The summed E-state index contributed by atoms with van der Waals surface area (Å²) in [6, 6.07) is 6.36. The second kappa shape index (κ2) is 5.27. The van der Waals surface area contributed by atoms with Gasteiger partial charge in [0.1, 0.15) is 6.10 Å². The Morgan fingerprint density at radius 1 is 1.32 bits per heavy atom. The van der Waals surface area contributed by atoms with E-state index in [1.807, 2.05) is 0 Å². The van der Waals surface area contributed by atoms with Gasteiger partial charge >= 0.3 is 0 Å². The van der Waals surface area contributed by atoms with E-state index in [0.29, 0.717) is 5.69 Å². The highest BCUT2D eigenvalue weighted by molar-refractivity contribution is 5.21. The highest BCUT2D eigenvalue weighted by Crippen LogP contribution is 2.20. The van der Waals surface area contributed by atoms with Crippen LogP contribution in [0.5, 0.6) is 0 Å². The summed E-state index contributed by atoms with van der Waals surface area (Å²) in [6.45, 7) is 1.45. The van der Waals surface area contributed by atoms with Crippen molar-refractivity contribution >= 4 is 0 Å². The van der Waals surface area contributed by atoms with Crippen LogP contribution in [0.15, 0.2) is 35.1 Å². The number of aliphatic hydroxyl groups excluding tert-OH is 1. The molecule has 0 aliphatic carbocycles. The average molecular weight is 266 g/mol. The topological polar surface area (TPSA) is 55.1 Å². The van der Waals surface area contributed by atoms with E-state index in [9.17, 15) is 18.7 Å². The number of nitrogens with zero attached hydrogens (tertiary/aromatic N) is 2. The summed E-state index contributed by atoms with van der Waals surface area (Å²) in [5.41, 5.74) is -0.0248. The van der Waals surface area contributed by atoms with Gasteiger partial charge in [0.05, 0.1) is 12.2 Å². The number of aryl methyl sites for hydroxylation is 1. The fourth-order valence-electron chi connectivity index (χ4n) is 1.72. The quantitative estimate of drug-likeness (QED) is 0.917. The zero-order valence-electron chi connectivity index (χ0n) is 10.2. The van der Waals surface area contributed by atoms with Crippen molar-refractivity contribution in [3.8, 4) is 0 Å². The maximum Gasteiger partial charge on any atom is 0.266 e. The van der Waals surface area contributed by atoms with Gasteiger partial charge < -0.3 is 5.11 Å². The second-order valence-electron chi connectivity index (χ2n) is 4.15. The molecule has 2 rings (SSSR count). The van der Waals surface area contributed by atoms with Gasteiger partial charge in [-0.05, 0) is 19.1 Å². The molecule has 1 aromatic carbocycles. The largest absolute Gasteiger partial charge is 0.386 e. The van der Waals surface area contributed by atoms with Gasteiger partial charge in [0.2, 0.25) is 0 Å². The van der Waals surface area contributed by atoms with Crippen molar-refractivity contribution in [1.29, 1.82) is 0 Å². The predicted molar refractivity (Wildman–Crippen MR) is 64.6 cm³/mol. The van der Waals surface area contributed by atoms with Gasteiger partial charge in [-0.1, -0.05) is 12.1 Å². The van der Waals surface area contributed by atoms with Crippen LogP contribution in [-0.2, 0) is 6.54 Å². The lowest BCUT2D eigenvalue weighted by Gasteiger charge is -2.13. The number of benzene rings is 1. The van der Waals surface area contributed by atoms with Crippen molar-refractivity contribution in [3.05, 3.63) is 63.6 Å². The fourth-order valence-corrected chi connectivity index (χ4v) is 1.72. The second-order valence-corrected chi connectivity index (χ2v) is 4.15. The van der Waals surface area contributed by atoms with Gasteiger partial charge in [-0.15, -0.1) is 0 Å². The van der Waals surface area contributed by atoms with E-state index in [4.69, 9.17) is 0 Å². The third kappa shape index (κ3) is 2.85. The standard InChI is InChI=1S/C13H12F2N2O2/c1-8-5-6-12(19)17(16-8)7-11(18)9-3-2-4-10(14)13(9)15/h2-6,11,18H,7H2,1H3. The minimum absolute atomic E-state index is 0.199. The summed E-state index contributed by atoms with van der Waals surface area (Å²) in [4.78, 5) is 11.5. The molecule has 1 unspecified atom stereocenters. The van der Waals surface area contributed by atoms with Crippen LogP contribution >= 0.6 is 0 Å². The molecule has 0 radical (unpaired) electrons. The SMILES string of the molecule is Cc1ccc(=O)n(CC(O)c2cccc(F)c2F)n1. The molecule has 0 saturated heterocycles. The summed E-state index contributed by atoms with van der Waals surface area (Å²) in [5, 5.41) is 13.8. The summed E-state index contributed by atoms with van der Waals surface area (Å²) in [7, 11) is 0. The number of hydrogen-bond donors (Lipinski definition) is 1. The van der Waals surface area contributed by atoms with Gasteiger partial charge in [-0.3, -0.25) is 4.79 Å². The average Bonchev–Trinajstić information content (AvgIpc) is 2.37. The lowest BCUT2D eigenvalue weighted by molar-refractivity contribution is 0.144. The zero-order chi connectivity index (χ0) is 14.0. The van der Waals surface area contributed by atoms with Crippen molar-refractivity contribution in [2.75, 3.05) is 0 Å². The first kappa shape index (κ1) is 13.4. The third-order valence-corrected chi connectivity index (χ3v) is 2.69. The van der Waals surface area contributed by atoms with Crippen molar-refractivity contribution in [3.63, 3.8) is 0 Å². The van der Waals surface area contributed by atoms with E-state index in [2.05, 4.69) is 5.10 Å². The van der Waals surface area contributed by atoms with Gasteiger partial charge in [-0.25, -0.2) is 13.5 Å². The van der Waals surface area contributed by atoms with Crippen molar-refractivity contribution in [2.24, 2.45) is 0 Å². The molecule has 1 N–H and O–H groups in total. The highest BCUT2D eigenvalue weighted by Gasteiger charge is 2.17. The molecule has 1 atom stereocenters. The molecule has 0 amide bonds.